The average Bonchev–Trinajstić information content (AvgIpc) is 3.14. The molecule has 7 nitrogen and oxygen atoms in total. The van der Waals surface area contributed by atoms with Gasteiger partial charge in [-0.05, 0) is 17.5 Å². The number of fused-ring (bicyclic) bond motifs is 1. The third-order valence-electron chi connectivity index (χ3n) is 4.50. The molecule has 0 radical (unpaired) electrons. The second-order valence-electron chi connectivity index (χ2n) is 6.85. The molecular formula is C20H19F3N4O3. The van der Waals surface area contributed by atoms with Gasteiger partial charge in [0, 0.05) is 5.56 Å². The van der Waals surface area contributed by atoms with E-state index in [0.717, 1.165) is 24.9 Å². The molecule has 3 aromatic rings. The largest absolute Gasteiger partial charge is 0.468 e. The number of aromatic nitrogens is 3. The van der Waals surface area contributed by atoms with Crippen molar-refractivity contribution < 1.29 is 27.5 Å². The van der Waals surface area contributed by atoms with Gasteiger partial charge in [-0.3, -0.25) is 9.59 Å². The van der Waals surface area contributed by atoms with E-state index in [4.69, 9.17) is 0 Å². The van der Waals surface area contributed by atoms with Gasteiger partial charge in [0.2, 0.25) is 0 Å². The fourth-order valence-corrected chi connectivity index (χ4v) is 2.83. The van der Waals surface area contributed by atoms with E-state index in [0.29, 0.717) is 10.1 Å². The SMILES string of the molecule is COC(=O)CNC(=O)c1cnn2c(C(F)(F)F)cc(-c3ccc(C(C)C)cc3)nc12. The van der Waals surface area contributed by atoms with Crippen molar-refractivity contribution in [2.45, 2.75) is 25.9 Å². The summed E-state index contributed by atoms with van der Waals surface area (Å²) in [5, 5.41) is 5.96. The van der Waals surface area contributed by atoms with Crippen LogP contribution >= 0.6 is 0 Å². The van der Waals surface area contributed by atoms with Crippen molar-refractivity contribution in [3.63, 3.8) is 0 Å². The molecule has 0 saturated heterocycles. The third-order valence-corrected chi connectivity index (χ3v) is 4.50. The number of methoxy groups -OCH3 is 1. The molecule has 1 amide bonds. The lowest BCUT2D eigenvalue weighted by molar-refractivity contribution is -0.142. The normalized spacial score (nSPS) is 11.7. The molecule has 0 aliphatic carbocycles. The van der Waals surface area contributed by atoms with Crippen molar-refractivity contribution in [1.29, 1.82) is 0 Å². The molecule has 158 valence electrons. The number of halogens is 3. The van der Waals surface area contributed by atoms with Crippen molar-refractivity contribution in [2.24, 2.45) is 0 Å². The van der Waals surface area contributed by atoms with Gasteiger partial charge in [-0.15, -0.1) is 0 Å². The minimum Gasteiger partial charge on any atom is -0.468 e. The Kier molecular flexibility index (Phi) is 5.77. The van der Waals surface area contributed by atoms with Gasteiger partial charge in [0.25, 0.3) is 5.91 Å². The molecule has 2 heterocycles. The minimum absolute atomic E-state index is 0.0487. The number of hydrogen-bond acceptors (Lipinski definition) is 5. The fraction of sp³-hybridized carbons (Fsp3) is 0.300. The zero-order valence-electron chi connectivity index (χ0n) is 16.4. The number of carbonyl (C=O) groups is 2. The summed E-state index contributed by atoms with van der Waals surface area (Å²) in [6, 6.07) is 7.89. The molecule has 0 bridgehead atoms. The highest BCUT2D eigenvalue weighted by atomic mass is 19.4. The molecule has 1 N–H and O–H groups in total. The van der Waals surface area contributed by atoms with E-state index in [2.05, 4.69) is 20.1 Å². The predicted molar refractivity (Wildman–Crippen MR) is 102 cm³/mol. The van der Waals surface area contributed by atoms with E-state index < -0.39 is 30.3 Å². The van der Waals surface area contributed by atoms with Crippen LogP contribution in [0.4, 0.5) is 13.2 Å². The first kappa shape index (κ1) is 21.3. The second kappa shape index (κ2) is 8.13. The van der Waals surface area contributed by atoms with Gasteiger partial charge in [-0.2, -0.15) is 18.3 Å². The van der Waals surface area contributed by atoms with Crippen LogP contribution in [-0.2, 0) is 15.7 Å². The van der Waals surface area contributed by atoms with Crippen LogP contribution < -0.4 is 5.32 Å². The summed E-state index contributed by atoms with van der Waals surface area (Å²) >= 11 is 0. The summed E-state index contributed by atoms with van der Waals surface area (Å²) in [6.07, 6.45) is -3.74. The number of carbonyl (C=O) groups excluding carboxylic acids is 2. The highest BCUT2D eigenvalue weighted by Gasteiger charge is 2.36. The number of hydrogen-bond donors (Lipinski definition) is 1. The molecule has 1 aromatic carbocycles. The van der Waals surface area contributed by atoms with Crippen LogP contribution in [0.2, 0.25) is 0 Å². The Hall–Kier alpha value is -3.43. The molecule has 0 spiro atoms. The van der Waals surface area contributed by atoms with Crippen LogP contribution in [0.25, 0.3) is 16.9 Å². The number of ether oxygens (including phenoxy) is 1. The third kappa shape index (κ3) is 4.27. The number of esters is 1. The minimum atomic E-state index is -4.72. The number of alkyl halides is 3. The molecule has 0 saturated carbocycles. The Labute approximate surface area is 169 Å². The summed E-state index contributed by atoms with van der Waals surface area (Å²) in [5.74, 6) is -1.22. The van der Waals surface area contributed by atoms with Crippen LogP contribution in [-0.4, -0.2) is 40.1 Å². The summed E-state index contributed by atoms with van der Waals surface area (Å²) in [6.45, 7) is 3.58. The molecule has 30 heavy (non-hydrogen) atoms. The van der Waals surface area contributed by atoms with Crippen molar-refractivity contribution in [3.8, 4) is 11.3 Å². The van der Waals surface area contributed by atoms with Crippen LogP contribution in [0.3, 0.4) is 0 Å². The molecule has 0 unspecified atom stereocenters. The van der Waals surface area contributed by atoms with Gasteiger partial charge >= 0.3 is 12.1 Å². The molecular weight excluding hydrogens is 401 g/mol. The molecule has 0 fully saturated rings. The summed E-state index contributed by atoms with van der Waals surface area (Å²) < 4.78 is 45.9. The first-order valence-corrected chi connectivity index (χ1v) is 9.03. The van der Waals surface area contributed by atoms with Crippen molar-refractivity contribution >= 4 is 17.5 Å². The Balaban J connectivity index is 2.10. The zero-order valence-corrected chi connectivity index (χ0v) is 16.4. The maximum atomic E-state index is 13.6. The van der Waals surface area contributed by atoms with Crippen molar-refractivity contribution in [1.82, 2.24) is 19.9 Å². The Bertz CT molecular complexity index is 1090. The fourth-order valence-electron chi connectivity index (χ4n) is 2.83. The lowest BCUT2D eigenvalue weighted by Crippen LogP contribution is -2.30. The van der Waals surface area contributed by atoms with Gasteiger partial charge in [-0.1, -0.05) is 38.1 Å². The van der Waals surface area contributed by atoms with E-state index in [1.54, 1.807) is 12.1 Å². The smallest absolute Gasteiger partial charge is 0.433 e. The molecule has 10 heteroatoms. The molecule has 0 aliphatic rings. The number of rotatable bonds is 5. The molecule has 0 aliphatic heterocycles. The topological polar surface area (TPSA) is 85.6 Å². The number of amides is 1. The monoisotopic (exact) mass is 420 g/mol. The van der Waals surface area contributed by atoms with E-state index >= 15 is 0 Å². The standard InChI is InChI=1S/C20H19F3N4O3/c1-11(2)12-4-6-13(7-5-12)15-8-16(20(21,22)23)27-18(26-15)14(9-25-27)19(29)24-10-17(28)30-3/h4-9,11H,10H2,1-3H3,(H,24,29). The van der Waals surface area contributed by atoms with Gasteiger partial charge in [0.1, 0.15) is 12.1 Å². The Morgan fingerprint density at radius 3 is 2.43 bits per heavy atom. The zero-order chi connectivity index (χ0) is 22.1. The lowest BCUT2D eigenvalue weighted by Gasteiger charge is -2.12. The quantitative estimate of drug-likeness (QED) is 0.639. The maximum Gasteiger partial charge on any atom is 0.433 e. The predicted octanol–water partition coefficient (Wildman–Crippen LogP) is 3.44. The lowest BCUT2D eigenvalue weighted by atomic mass is 10.0. The Morgan fingerprint density at radius 1 is 1.20 bits per heavy atom. The maximum absolute atomic E-state index is 13.6. The Morgan fingerprint density at radius 2 is 1.87 bits per heavy atom. The van der Waals surface area contributed by atoms with Gasteiger partial charge in [-0.25, -0.2) is 9.50 Å². The van der Waals surface area contributed by atoms with Crippen molar-refractivity contribution in [3.05, 3.63) is 53.3 Å². The summed E-state index contributed by atoms with van der Waals surface area (Å²) in [4.78, 5) is 27.8. The van der Waals surface area contributed by atoms with E-state index in [1.807, 2.05) is 26.0 Å². The van der Waals surface area contributed by atoms with Crippen LogP contribution in [0, 0.1) is 0 Å². The highest BCUT2D eigenvalue weighted by Crippen LogP contribution is 2.33. The summed E-state index contributed by atoms with van der Waals surface area (Å²) in [7, 11) is 1.15. The van der Waals surface area contributed by atoms with Gasteiger partial charge in [0.15, 0.2) is 11.3 Å². The molecule has 3 rings (SSSR count). The molecule has 2 aromatic heterocycles. The van der Waals surface area contributed by atoms with Crippen LogP contribution in [0.5, 0.6) is 0 Å². The van der Waals surface area contributed by atoms with Crippen molar-refractivity contribution in [2.75, 3.05) is 13.7 Å². The average molecular weight is 420 g/mol. The first-order valence-electron chi connectivity index (χ1n) is 9.03. The van der Waals surface area contributed by atoms with E-state index in [1.165, 1.54) is 0 Å². The highest BCUT2D eigenvalue weighted by molar-refractivity contribution is 6.01. The van der Waals surface area contributed by atoms with Crippen LogP contribution in [0.1, 0.15) is 41.4 Å². The van der Waals surface area contributed by atoms with E-state index in [9.17, 15) is 22.8 Å². The number of nitrogens with one attached hydrogen (secondary N) is 1. The summed E-state index contributed by atoms with van der Waals surface area (Å²) in [5.41, 5.74) is 0.0212. The van der Waals surface area contributed by atoms with Gasteiger partial charge < -0.3 is 10.1 Å². The number of nitrogens with zero attached hydrogens (tertiary/aromatic N) is 3. The van der Waals surface area contributed by atoms with Crippen LogP contribution in [0.15, 0.2) is 36.5 Å². The van der Waals surface area contributed by atoms with E-state index in [-0.39, 0.29) is 22.8 Å². The molecule has 0 atom stereocenters. The van der Waals surface area contributed by atoms with Gasteiger partial charge in [0.05, 0.1) is 19.0 Å². The number of benzene rings is 1. The first-order chi connectivity index (χ1) is 14.1. The second-order valence-corrected chi connectivity index (χ2v) is 6.85.